The van der Waals surface area contributed by atoms with Gasteiger partial charge in [0.1, 0.15) is 5.82 Å². The number of benzene rings is 1. The molecule has 1 aromatic carbocycles. The maximum Gasteiger partial charge on any atom is 0.123 e. The molecule has 0 heterocycles. The molecule has 2 N–H and O–H groups in total. The molecule has 1 aliphatic rings. The Bertz CT molecular complexity index is 361. The fourth-order valence-electron chi connectivity index (χ4n) is 2.33. The Kier molecular flexibility index (Phi) is 3.26. The van der Waals surface area contributed by atoms with Gasteiger partial charge in [0, 0.05) is 18.6 Å². The normalized spacial score (nSPS) is 18.5. The summed E-state index contributed by atoms with van der Waals surface area (Å²) in [6, 6.07) is 6.75. The van der Waals surface area contributed by atoms with Gasteiger partial charge in [-0.1, -0.05) is 12.1 Å². The SMILES string of the molecule is CN(Cc1cccc(F)c1)CC1(N)CCC1. The maximum absolute atomic E-state index is 13.0. The largest absolute Gasteiger partial charge is 0.324 e. The van der Waals surface area contributed by atoms with Crippen molar-refractivity contribution >= 4 is 0 Å². The van der Waals surface area contributed by atoms with Gasteiger partial charge in [0.25, 0.3) is 0 Å². The molecule has 2 nitrogen and oxygen atoms in total. The van der Waals surface area contributed by atoms with Crippen LogP contribution in [0.3, 0.4) is 0 Å². The van der Waals surface area contributed by atoms with Crippen molar-refractivity contribution < 1.29 is 4.39 Å². The summed E-state index contributed by atoms with van der Waals surface area (Å²) in [5.41, 5.74) is 7.18. The molecular weight excluding hydrogens is 203 g/mol. The van der Waals surface area contributed by atoms with Crippen LogP contribution < -0.4 is 5.73 Å². The summed E-state index contributed by atoms with van der Waals surface area (Å²) in [6.45, 7) is 1.65. The Morgan fingerprint density at radius 1 is 1.44 bits per heavy atom. The summed E-state index contributed by atoms with van der Waals surface area (Å²) < 4.78 is 13.0. The molecule has 3 heteroatoms. The number of nitrogens with zero attached hydrogens (tertiary/aromatic N) is 1. The molecular formula is C13H19FN2. The van der Waals surface area contributed by atoms with Crippen LogP contribution in [0.2, 0.25) is 0 Å². The summed E-state index contributed by atoms with van der Waals surface area (Å²) in [6.07, 6.45) is 3.46. The third-order valence-electron chi connectivity index (χ3n) is 3.28. The molecule has 0 aromatic heterocycles. The molecule has 1 fully saturated rings. The summed E-state index contributed by atoms with van der Waals surface area (Å²) >= 11 is 0. The maximum atomic E-state index is 13.0. The summed E-state index contributed by atoms with van der Waals surface area (Å²) in [4.78, 5) is 2.17. The summed E-state index contributed by atoms with van der Waals surface area (Å²) in [5.74, 6) is -0.169. The smallest absolute Gasteiger partial charge is 0.123 e. The minimum Gasteiger partial charge on any atom is -0.324 e. The highest BCUT2D eigenvalue weighted by atomic mass is 19.1. The lowest BCUT2D eigenvalue weighted by molar-refractivity contribution is 0.161. The predicted octanol–water partition coefficient (Wildman–Crippen LogP) is 2.14. The fourth-order valence-corrected chi connectivity index (χ4v) is 2.33. The number of nitrogens with two attached hydrogens (primary N) is 1. The van der Waals surface area contributed by atoms with Crippen LogP contribution in [0, 0.1) is 5.82 Å². The van der Waals surface area contributed by atoms with Crippen molar-refractivity contribution in [2.24, 2.45) is 5.73 Å². The second-order valence-electron chi connectivity index (χ2n) is 5.02. The number of halogens is 1. The number of hydrogen-bond donors (Lipinski definition) is 1. The van der Waals surface area contributed by atoms with Gasteiger partial charge >= 0.3 is 0 Å². The van der Waals surface area contributed by atoms with Gasteiger partial charge in [-0.3, -0.25) is 0 Å². The molecule has 0 aliphatic heterocycles. The average molecular weight is 222 g/mol. The zero-order valence-corrected chi connectivity index (χ0v) is 9.75. The van der Waals surface area contributed by atoms with Crippen LogP contribution in [0.15, 0.2) is 24.3 Å². The van der Waals surface area contributed by atoms with Crippen molar-refractivity contribution in [3.05, 3.63) is 35.6 Å². The Labute approximate surface area is 96.2 Å². The van der Waals surface area contributed by atoms with Gasteiger partial charge < -0.3 is 10.6 Å². The van der Waals surface area contributed by atoms with Crippen LogP contribution in [0.4, 0.5) is 4.39 Å². The number of hydrogen-bond acceptors (Lipinski definition) is 2. The van der Waals surface area contributed by atoms with E-state index in [1.165, 1.54) is 12.5 Å². The van der Waals surface area contributed by atoms with Crippen LogP contribution in [-0.2, 0) is 6.54 Å². The molecule has 2 rings (SSSR count). The monoisotopic (exact) mass is 222 g/mol. The first-order valence-electron chi connectivity index (χ1n) is 5.79. The Morgan fingerprint density at radius 2 is 2.19 bits per heavy atom. The summed E-state index contributed by atoms with van der Waals surface area (Å²) in [7, 11) is 2.04. The van der Waals surface area contributed by atoms with E-state index in [1.807, 2.05) is 13.1 Å². The van der Waals surface area contributed by atoms with Crippen LogP contribution in [0.1, 0.15) is 24.8 Å². The quantitative estimate of drug-likeness (QED) is 0.845. The second-order valence-corrected chi connectivity index (χ2v) is 5.02. The second kappa shape index (κ2) is 4.52. The lowest BCUT2D eigenvalue weighted by Gasteiger charge is -2.41. The molecule has 1 aromatic rings. The van der Waals surface area contributed by atoms with E-state index in [2.05, 4.69) is 4.90 Å². The lowest BCUT2D eigenvalue weighted by Crippen LogP contribution is -2.54. The van der Waals surface area contributed by atoms with Crippen LogP contribution in [-0.4, -0.2) is 24.0 Å². The first-order chi connectivity index (χ1) is 7.57. The van der Waals surface area contributed by atoms with Gasteiger partial charge in [-0.05, 0) is 44.0 Å². The molecule has 0 atom stereocenters. The van der Waals surface area contributed by atoms with Crippen molar-refractivity contribution in [1.82, 2.24) is 4.90 Å². The molecule has 1 aliphatic carbocycles. The van der Waals surface area contributed by atoms with Gasteiger partial charge in [0.2, 0.25) is 0 Å². The molecule has 16 heavy (non-hydrogen) atoms. The van der Waals surface area contributed by atoms with E-state index in [4.69, 9.17) is 5.73 Å². The zero-order valence-electron chi connectivity index (χ0n) is 9.75. The van der Waals surface area contributed by atoms with Crippen molar-refractivity contribution in [2.45, 2.75) is 31.3 Å². The predicted molar refractivity (Wildman–Crippen MR) is 63.5 cm³/mol. The Hall–Kier alpha value is -0.930. The van der Waals surface area contributed by atoms with E-state index in [1.54, 1.807) is 12.1 Å². The van der Waals surface area contributed by atoms with E-state index in [0.29, 0.717) is 0 Å². The molecule has 0 amide bonds. The van der Waals surface area contributed by atoms with E-state index in [9.17, 15) is 4.39 Å². The topological polar surface area (TPSA) is 29.3 Å². The highest BCUT2D eigenvalue weighted by molar-refractivity contribution is 5.16. The molecule has 0 saturated heterocycles. The minimum absolute atomic E-state index is 0.00206. The Balaban J connectivity index is 1.89. The van der Waals surface area contributed by atoms with Gasteiger partial charge in [-0.2, -0.15) is 0 Å². The van der Waals surface area contributed by atoms with Crippen LogP contribution in [0.25, 0.3) is 0 Å². The fraction of sp³-hybridized carbons (Fsp3) is 0.538. The minimum atomic E-state index is -0.169. The Morgan fingerprint density at radius 3 is 2.75 bits per heavy atom. The molecule has 88 valence electrons. The summed E-state index contributed by atoms with van der Waals surface area (Å²) in [5, 5.41) is 0. The third kappa shape index (κ3) is 2.80. The van der Waals surface area contributed by atoms with Crippen molar-refractivity contribution in [3.8, 4) is 0 Å². The average Bonchev–Trinajstić information content (AvgIpc) is 2.15. The lowest BCUT2D eigenvalue weighted by atomic mass is 9.77. The van der Waals surface area contributed by atoms with Crippen molar-refractivity contribution in [2.75, 3.05) is 13.6 Å². The van der Waals surface area contributed by atoms with E-state index >= 15 is 0 Å². The van der Waals surface area contributed by atoms with Crippen LogP contribution in [0.5, 0.6) is 0 Å². The number of likely N-dealkylation sites (N-methyl/N-ethyl adjacent to an activating group) is 1. The van der Waals surface area contributed by atoms with E-state index < -0.39 is 0 Å². The molecule has 0 spiro atoms. The first kappa shape index (κ1) is 11.6. The molecule has 0 unspecified atom stereocenters. The van der Waals surface area contributed by atoms with Gasteiger partial charge in [0.05, 0.1) is 0 Å². The first-order valence-corrected chi connectivity index (χ1v) is 5.79. The van der Waals surface area contributed by atoms with Crippen molar-refractivity contribution in [1.29, 1.82) is 0 Å². The van der Waals surface area contributed by atoms with E-state index in [0.717, 1.165) is 31.5 Å². The van der Waals surface area contributed by atoms with Gasteiger partial charge in [0.15, 0.2) is 0 Å². The van der Waals surface area contributed by atoms with Gasteiger partial charge in [-0.15, -0.1) is 0 Å². The number of rotatable bonds is 4. The highest BCUT2D eigenvalue weighted by Crippen LogP contribution is 2.29. The molecule has 0 radical (unpaired) electrons. The van der Waals surface area contributed by atoms with Gasteiger partial charge in [-0.25, -0.2) is 4.39 Å². The zero-order chi connectivity index (χ0) is 11.6. The third-order valence-corrected chi connectivity index (χ3v) is 3.28. The van der Waals surface area contributed by atoms with Crippen LogP contribution >= 0.6 is 0 Å². The highest BCUT2D eigenvalue weighted by Gasteiger charge is 2.33. The molecule has 1 saturated carbocycles. The molecule has 0 bridgehead atoms. The van der Waals surface area contributed by atoms with E-state index in [-0.39, 0.29) is 11.4 Å². The van der Waals surface area contributed by atoms with Crippen molar-refractivity contribution in [3.63, 3.8) is 0 Å². The standard InChI is InChI=1S/C13H19FN2/c1-16(10-13(15)6-3-7-13)9-11-4-2-5-12(14)8-11/h2,4-5,8H,3,6-7,9-10,15H2,1H3.